The van der Waals surface area contributed by atoms with Gasteiger partial charge in [-0.25, -0.2) is 0 Å². The van der Waals surface area contributed by atoms with Crippen molar-refractivity contribution in [3.63, 3.8) is 0 Å². The molecule has 2 aromatic rings. The molecule has 1 spiro atoms. The first-order chi connectivity index (χ1) is 11.7. The molecule has 0 atom stereocenters. The van der Waals surface area contributed by atoms with Crippen LogP contribution >= 0.6 is 0 Å². The van der Waals surface area contributed by atoms with Gasteiger partial charge in [-0.1, -0.05) is 6.07 Å². The zero-order valence-electron chi connectivity index (χ0n) is 14.6. The molecule has 0 amide bonds. The summed E-state index contributed by atoms with van der Waals surface area (Å²) in [6.07, 6.45) is 12.0. The van der Waals surface area contributed by atoms with Crippen molar-refractivity contribution >= 4 is 0 Å². The molecule has 0 bridgehead atoms. The maximum atomic E-state index is 4.28. The highest BCUT2D eigenvalue weighted by atomic mass is 15.2. The first kappa shape index (κ1) is 15.8. The number of aromatic nitrogens is 3. The van der Waals surface area contributed by atoms with Gasteiger partial charge in [-0.05, 0) is 55.9 Å². The third-order valence-electron chi connectivity index (χ3n) is 5.73. The van der Waals surface area contributed by atoms with Gasteiger partial charge in [0.25, 0.3) is 0 Å². The predicted molar refractivity (Wildman–Crippen MR) is 94.3 cm³/mol. The third-order valence-corrected chi connectivity index (χ3v) is 5.73. The zero-order chi connectivity index (χ0) is 16.4. The zero-order valence-corrected chi connectivity index (χ0v) is 14.6. The summed E-state index contributed by atoms with van der Waals surface area (Å²) in [7, 11) is 1.99. The van der Waals surface area contributed by atoms with Crippen molar-refractivity contribution in [2.75, 3.05) is 26.2 Å². The van der Waals surface area contributed by atoms with Crippen LogP contribution in [0.15, 0.2) is 36.9 Å². The van der Waals surface area contributed by atoms with E-state index < -0.39 is 0 Å². The molecule has 5 nitrogen and oxygen atoms in total. The average molecular weight is 325 g/mol. The average Bonchev–Trinajstić information content (AvgIpc) is 3.18. The molecule has 2 aromatic heterocycles. The second kappa shape index (κ2) is 6.65. The number of piperidine rings is 1. The molecule has 24 heavy (non-hydrogen) atoms. The van der Waals surface area contributed by atoms with Crippen molar-refractivity contribution in [3.05, 3.63) is 48.0 Å². The van der Waals surface area contributed by atoms with Gasteiger partial charge in [-0.3, -0.25) is 19.5 Å². The number of hydrogen-bond acceptors (Lipinski definition) is 4. The van der Waals surface area contributed by atoms with Crippen molar-refractivity contribution in [1.29, 1.82) is 0 Å². The second-order valence-electron chi connectivity index (χ2n) is 7.62. The van der Waals surface area contributed by atoms with Crippen LogP contribution in [0.1, 0.15) is 30.4 Å². The normalized spacial score (nSPS) is 21.5. The molecule has 0 saturated carbocycles. The lowest BCUT2D eigenvalue weighted by Crippen LogP contribution is -2.41. The Balaban J connectivity index is 1.29. The quantitative estimate of drug-likeness (QED) is 0.864. The van der Waals surface area contributed by atoms with Crippen LogP contribution in [0.3, 0.4) is 0 Å². The van der Waals surface area contributed by atoms with E-state index in [1.807, 2.05) is 36.4 Å². The SMILES string of the molecule is Cn1cc(CN2CCC3(CC2)CCN(Cc2cccnc2)C3)cn1. The van der Waals surface area contributed by atoms with Gasteiger partial charge in [0.1, 0.15) is 0 Å². The summed E-state index contributed by atoms with van der Waals surface area (Å²) in [5.41, 5.74) is 3.22. The second-order valence-corrected chi connectivity index (χ2v) is 7.62. The Hall–Kier alpha value is -1.72. The van der Waals surface area contributed by atoms with Crippen molar-refractivity contribution < 1.29 is 0 Å². The van der Waals surface area contributed by atoms with Crippen LogP contribution in [-0.4, -0.2) is 50.7 Å². The Kier molecular flexibility index (Phi) is 4.37. The minimum Gasteiger partial charge on any atom is -0.299 e. The Bertz CT molecular complexity index is 657. The first-order valence-corrected chi connectivity index (χ1v) is 9.02. The van der Waals surface area contributed by atoms with Gasteiger partial charge < -0.3 is 0 Å². The lowest BCUT2D eigenvalue weighted by molar-refractivity contribution is 0.102. The Morgan fingerprint density at radius 1 is 1.00 bits per heavy atom. The standard InChI is InChI=1S/C19H27N5/c1-22-13-18(12-21-22)15-23-8-4-19(5-9-23)6-10-24(16-19)14-17-3-2-7-20-11-17/h2-3,7,11-13H,4-6,8-10,14-16H2,1H3. The molecule has 128 valence electrons. The van der Waals surface area contributed by atoms with E-state index in [1.165, 1.54) is 56.6 Å². The van der Waals surface area contributed by atoms with E-state index in [0.717, 1.165) is 13.1 Å². The highest BCUT2D eigenvalue weighted by molar-refractivity contribution is 5.09. The summed E-state index contributed by atoms with van der Waals surface area (Å²) >= 11 is 0. The van der Waals surface area contributed by atoms with E-state index in [9.17, 15) is 0 Å². The summed E-state index contributed by atoms with van der Waals surface area (Å²) in [5.74, 6) is 0. The number of pyridine rings is 1. The fourth-order valence-corrected chi connectivity index (χ4v) is 4.32. The van der Waals surface area contributed by atoms with E-state index in [1.54, 1.807) is 0 Å². The molecular formula is C19H27N5. The molecule has 0 aliphatic carbocycles. The fourth-order valence-electron chi connectivity index (χ4n) is 4.32. The molecular weight excluding hydrogens is 298 g/mol. The van der Waals surface area contributed by atoms with E-state index >= 15 is 0 Å². The smallest absolute Gasteiger partial charge is 0.0534 e. The lowest BCUT2D eigenvalue weighted by atomic mass is 9.77. The van der Waals surface area contributed by atoms with E-state index in [0.29, 0.717) is 5.41 Å². The molecule has 0 N–H and O–H groups in total. The minimum atomic E-state index is 0.549. The number of likely N-dealkylation sites (tertiary alicyclic amines) is 2. The highest BCUT2D eigenvalue weighted by Gasteiger charge is 2.40. The monoisotopic (exact) mass is 325 g/mol. The van der Waals surface area contributed by atoms with Gasteiger partial charge in [-0.2, -0.15) is 5.10 Å². The maximum absolute atomic E-state index is 4.28. The lowest BCUT2D eigenvalue weighted by Gasteiger charge is -2.39. The Labute approximate surface area is 144 Å². The molecule has 0 aromatic carbocycles. The van der Waals surface area contributed by atoms with Crippen molar-refractivity contribution in [1.82, 2.24) is 24.6 Å². The van der Waals surface area contributed by atoms with Crippen LogP contribution in [0.5, 0.6) is 0 Å². The summed E-state index contributed by atoms with van der Waals surface area (Å²) in [6, 6.07) is 4.23. The number of nitrogens with zero attached hydrogens (tertiary/aromatic N) is 5. The van der Waals surface area contributed by atoms with Crippen LogP contribution in [0.2, 0.25) is 0 Å². The van der Waals surface area contributed by atoms with Gasteiger partial charge in [-0.15, -0.1) is 0 Å². The molecule has 4 rings (SSSR count). The van der Waals surface area contributed by atoms with Gasteiger partial charge >= 0.3 is 0 Å². The number of aryl methyl sites for hydroxylation is 1. The van der Waals surface area contributed by atoms with Crippen LogP contribution < -0.4 is 0 Å². The minimum absolute atomic E-state index is 0.549. The van der Waals surface area contributed by atoms with Gasteiger partial charge in [0.2, 0.25) is 0 Å². The van der Waals surface area contributed by atoms with Crippen LogP contribution in [0.25, 0.3) is 0 Å². The van der Waals surface area contributed by atoms with Gasteiger partial charge in [0.15, 0.2) is 0 Å². The summed E-state index contributed by atoms with van der Waals surface area (Å²) in [5, 5.41) is 4.28. The molecule has 0 unspecified atom stereocenters. The molecule has 0 radical (unpaired) electrons. The molecule has 2 aliphatic rings. The molecule has 5 heteroatoms. The molecule has 4 heterocycles. The van der Waals surface area contributed by atoms with Crippen LogP contribution in [-0.2, 0) is 20.1 Å². The van der Waals surface area contributed by atoms with Gasteiger partial charge in [0, 0.05) is 50.8 Å². The van der Waals surface area contributed by atoms with E-state index in [4.69, 9.17) is 0 Å². The van der Waals surface area contributed by atoms with Crippen LogP contribution in [0.4, 0.5) is 0 Å². The third kappa shape index (κ3) is 3.52. The maximum Gasteiger partial charge on any atom is 0.0534 e. The fraction of sp³-hybridized carbons (Fsp3) is 0.579. The topological polar surface area (TPSA) is 37.2 Å². The highest BCUT2D eigenvalue weighted by Crippen LogP contribution is 2.41. The Morgan fingerprint density at radius 2 is 1.75 bits per heavy atom. The number of hydrogen-bond donors (Lipinski definition) is 0. The van der Waals surface area contributed by atoms with Gasteiger partial charge in [0.05, 0.1) is 6.20 Å². The Morgan fingerprint density at radius 3 is 2.42 bits per heavy atom. The molecule has 2 saturated heterocycles. The van der Waals surface area contributed by atoms with E-state index in [2.05, 4.69) is 32.1 Å². The number of rotatable bonds is 4. The van der Waals surface area contributed by atoms with Crippen molar-refractivity contribution in [2.45, 2.75) is 32.4 Å². The summed E-state index contributed by atoms with van der Waals surface area (Å²) in [4.78, 5) is 9.45. The van der Waals surface area contributed by atoms with Crippen molar-refractivity contribution in [2.24, 2.45) is 12.5 Å². The van der Waals surface area contributed by atoms with Crippen molar-refractivity contribution in [3.8, 4) is 0 Å². The molecule has 2 fully saturated rings. The van der Waals surface area contributed by atoms with E-state index in [-0.39, 0.29) is 0 Å². The first-order valence-electron chi connectivity index (χ1n) is 9.02. The van der Waals surface area contributed by atoms with Crippen LogP contribution in [0, 0.1) is 5.41 Å². The predicted octanol–water partition coefficient (Wildman–Crippen LogP) is 2.30. The summed E-state index contributed by atoms with van der Waals surface area (Å²) < 4.78 is 1.90. The molecule has 2 aliphatic heterocycles. The largest absolute Gasteiger partial charge is 0.299 e. The summed E-state index contributed by atoms with van der Waals surface area (Å²) in [6.45, 7) is 7.02.